The van der Waals surface area contributed by atoms with Gasteiger partial charge in [0.1, 0.15) is 0 Å². The molecule has 0 heterocycles. The number of aliphatic carboxylic acids is 1. The van der Waals surface area contributed by atoms with Gasteiger partial charge in [0.15, 0.2) is 0 Å². The Morgan fingerprint density at radius 2 is 1.88 bits per heavy atom. The van der Waals surface area contributed by atoms with E-state index >= 15 is 0 Å². The maximum absolute atomic E-state index is 11.1. The highest BCUT2D eigenvalue weighted by Gasteiger charge is 2.23. The molecule has 0 amide bonds. The Labute approximate surface area is 96.1 Å². The van der Waals surface area contributed by atoms with Crippen molar-refractivity contribution in [3.8, 4) is 0 Å². The van der Waals surface area contributed by atoms with Gasteiger partial charge in [0.05, 0.1) is 12.5 Å². The average Bonchev–Trinajstić information content (AvgIpc) is 2.20. The number of hydrogen-bond donors (Lipinski definition) is 1. The first-order valence-corrected chi connectivity index (χ1v) is 5.36. The van der Waals surface area contributed by atoms with Gasteiger partial charge >= 0.3 is 5.97 Å². The standard InChI is InChI=1S/C13H18O3/c1-9(2)12(13(14)15)11-6-4-10(5-7-11)8-16-3/h4-7,9,12H,8H2,1-3H3,(H,14,15). The number of carboxylic acids is 1. The van der Waals surface area contributed by atoms with Gasteiger partial charge in [0.2, 0.25) is 0 Å². The molecule has 1 N–H and O–H groups in total. The lowest BCUT2D eigenvalue weighted by Crippen LogP contribution is -2.17. The lowest BCUT2D eigenvalue weighted by molar-refractivity contribution is -0.139. The SMILES string of the molecule is COCc1ccc(C(C(=O)O)C(C)C)cc1. The summed E-state index contributed by atoms with van der Waals surface area (Å²) in [6.07, 6.45) is 0. The molecular weight excluding hydrogens is 204 g/mol. The molecule has 0 saturated carbocycles. The van der Waals surface area contributed by atoms with Gasteiger partial charge in [0.25, 0.3) is 0 Å². The summed E-state index contributed by atoms with van der Waals surface area (Å²) >= 11 is 0. The summed E-state index contributed by atoms with van der Waals surface area (Å²) in [5, 5.41) is 9.15. The minimum atomic E-state index is -0.769. The smallest absolute Gasteiger partial charge is 0.311 e. The highest BCUT2D eigenvalue weighted by Crippen LogP contribution is 2.25. The molecule has 0 aromatic heterocycles. The Morgan fingerprint density at radius 3 is 2.25 bits per heavy atom. The zero-order chi connectivity index (χ0) is 12.1. The number of benzene rings is 1. The molecule has 16 heavy (non-hydrogen) atoms. The fourth-order valence-corrected chi connectivity index (χ4v) is 1.80. The molecule has 1 atom stereocenters. The molecule has 0 aliphatic heterocycles. The number of ether oxygens (including phenoxy) is 1. The summed E-state index contributed by atoms with van der Waals surface area (Å²) in [5.74, 6) is -1.11. The summed E-state index contributed by atoms with van der Waals surface area (Å²) in [5.41, 5.74) is 1.90. The van der Waals surface area contributed by atoms with Crippen LogP contribution in [0.1, 0.15) is 30.9 Å². The highest BCUT2D eigenvalue weighted by atomic mass is 16.5. The van der Waals surface area contributed by atoms with Gasteiger partial charge < -0.3 is 9.84 Å². The van der Waals surface area contributed by atoms with Crippen molar-refractivity contribution in [3.63, 3.8) is 0 Å². The number of carboxylic acid groups (broad SMARTS) is 1. The Kier molecular flexibility index (Phi) is 4.50. The van der Waals surface area contributed by atoms with Crippen LogP contribution in [0.5, 0.6) is 0 Å². The lowest BCUT2D eigenvalue weighted by Gasteiger charge is -2.16. The molecule has 0 aliphatic carbocycles. The van der Waals surface area contributed by atoms with Gasteiger partial charge in [-0.25, -0.2) is 0 Å². The van der Waals surface area contributed by atoms with E-state index in [-0.39, 0.29) is 5.92 Å². The maximum Gasteiger partial charge on any atom is 0.311 e. The second-order valence-electron chi connectivity index (χ2n) is 4.23. The molecule has 1 aromatic carbocycles. The molecule has 3 heteroatoms. The summed E-state index contributed by atoms with van der Waals surface area (Å²) < 4.78 is 5.01. The van der Waals surface area contributed by atoms with Crippen LogP contribution in [-0.4, -0.2) is 18.2 Å². The molecule has 1 aromatic rings. The van der Waals surface area contributed by atoms with E-state index in [0.29, 0.717) is 6.61 Å². The first-order chi connectivity index (χ1) is 7.56. The van der Waals surface area contributed by atoms with Crippen molar-refractivity contribution in [2.75, 3.05) is 7.11 Å². The Hall–Kier alpha value is -1.35. The molecule has 0 fully saturated rings. The van der Waals surface area contributed by atoms with E-state index in [0.717, 1.165) is 11.1 Å². The van der Waals surface area contributed by atoms with Gasteiger partial charge in [-0.15, -0.1) is 0 Å². The van der Waals surface area contributed by atoms with Crippen LogP contribution in [0.4, 0.5) is 0 Å². The molecular formula is C13H18O3. The van der Waals surface area contributed by atoms with E-state index in [4.69, 9.17) is 9.84 Å². The van der Waals surface area contributed by atoms with Crippen LogP contribution < -0.4 is 0 Å². The van der Waals surface area contributed by atoms with Crippen molar-refractivity contribution in [1.29, 1.82) is 0 Å². The summed E-state index contributed by atoms with van der Waals surface area (Å²) in [4.78, 5) is 11.1. The van der Waals surface area contributed by atoms with Gasteiger partial charge in [0, 0.05) is 7.11 Å². The van der Waals surface area contributed by atoms with Crippen LogP contribution >= 0.6 is 0 Å². The third-order valence-electron chi connectivity index (χ3n) is 2.58. The predicted octanol–water partition coefficient (Wildman–Crippen LogP) is 2.66. The Balaban J connectivity index is 2.90. The van der Waals surface area contributed by atoms with Gasteiger partial charge in [-0.3, -0.25) is 4.79 Å². The molecule has 1 unspecified atom stereocenters. The highest BCUT2D eigenvalue weighted by molar-refractivity contribution is 5.76. The normalized spacial score (nSPS) is 12.8. The lowest BCUT2D eigenvalue weighted by atomic mass is 9.88. The van der Waals surface area contributed by atoms with Crippen molar-refractivity contribution >= 4 is 5.97 Å². The first-order valence-electron chi connectivity index (χ1n) is 5.36. The quantitative estimate of drug-likeness (QED) is 0.833. The van der Waals surface area contributed by atoms with Crippen molar-refractivity contribution in [1.82, 2.24) is 0 Å². The van der Waals surface area contributed by atoms with E-state index in [1.54, 1.807) is 7.11 Å². The van der Waals surface area contributed by atoms with E-state index < -0.39 is 11.9 Å². The molecule has 0 radical (unpaired) electrons. The molecule has 1 rings (SSSR count). The molecule has 0 saturated heterocycles. The Bertz CT molecular complexity index is 341. The fourth-order valence-electron chi connectivity index (χ4n) is 1.80. The second-order valence-corrected chi connectivity index (χ2v) is 4.23. The third-order valence-corrected chi connectivity index (χ3v) is 2.58. The predicted molar refractivity (Wildman–Crippen MR) is 62.4 cm³/mol. The molecule has 0 bridgehead atoms. The van der Waals surface area contributed by atoms with Gasteiger partial charge in [-0.2, -0.15) is 0 Å². The number of rotatable bonds is 5. The monoisotopic (exact) mass is 222 g/mol. The van der Waals surface area contributed by atoms with Gasteiger partial charge in [-0.05, 0) is 17.0 Å². The summed E-state index contributed by atoms with van der Waals surface area (Å²) in [6.45, 7) is 4.39. The summed E-state index contributed by atoms with van der Waals surface area (Å²) in [6, 6.07) is 7.56. The first kappa shape index (κ1) is 12.7. The average molecular weight is 222 g/mol. The minimum Gasteiger partial charge on any atom is -0.481 e. The van der Waals surface area contributed by atoms with Crippen LogP contribution in [0, 0.1) is 5.92 Å². The largest absolute Gasteiger partial charge is 0.481 e. The number of carbonyl (C=O) groups is 1. The van der Waals surface area contributed by atoms with Crippen LogP contribution in [-0.2, 0) is 16.1 Å². The topological polar surface area (TPSA) is 46.5 Å². The molecule has 88 valence electrons. The maximum atomic E-state index is 11.1. The molecule has 0 spiro atoms. The Morgan fingerprint density at radius 1 is 1.31 bits per heavy atom. The van der Waals surface area contributed by atoms with Gasteiger partial charge in [-0.1, -0.05) is 38.1 Å². The van der Waals surface area contributed by atoms with Crippen LogP contribution in [0.25, 0.3) is 0 Å². The van der Waals surface area contributed by atoms with E-state index in [1.165, 1.54) is 0 Å². The third kappa shape index (κ3) is 3.07. The number of methoxy groups -OCH3 is 1. The molecule has 0 aliphatic rings. The fraction of sp³-hybridized carbons (Fsp3) is 0.462. The second kappa shape index (κ2) is 5.66. The molecule has 3 nitrogen and oxygen atoms in total. The van der Waals surface area contributed by atoms with Crippen LogP contribution in [0.3, 0.4) is 0 Å². The van der Waals surface area contributed by atoms with E-state index in [9.17, 15) is 4.79 Å². The van der Waals surface area contributed by atoms with E-state index in [1.807, 2.05) is 38.1 Å². The minimum absolute atomic E-state index is 0.0887. The van der Waals surface area contributed by atoms with Crippen molar-refractivity contribution in [2.24, 2.45) is 5.92 Å². The van der Waals surface area contributed by atoms with Crippen LogP contribution in [0.15, 0.2) is 24.3 Å². The van der Waals surface area contributed by atoms with Crippen molar-refractivity contribution in [3.05, 3.63) is 35.4 Å². The van der Waals surface area contributed by atoms with Crippen molar-refractivity contribution < 1.29 is 14.6 Å². The van der Waals surface area contributed by atoms with Crippen molar-refractivity contribution in [2.45, 2.75) is 26.4 Å². The zero-order valence-corrected chi connectivity index (χ0v) is 9.93. The van der Waals surface area contributed by atoms with Crippen LogP contribution in [0.2, 0.25) is 0 Å². The van der Waals surface area contributed by atoms with E-state index in [2.05, 4.69) is 0 Å². The zero-order valence-electron chi connectivity index (χ0n) is 9.93. The summed E-state index contributed by atoms with van der Waals surface area (Å²) in [7, 11) is 1.64. The number of hydrogen-bond acceptors (Lipinski definition) is 2.